The first kappa shape index (κ1) is 31.9. The van der Waals surface area contributed by atoms with Crippen LogP contribution in [0.5, 0.6) is 0 Å². The lowest BCUT2D eigenvalue weighted by Gasteiger charge is -2.53. The number of hydrogen-bond donors (Lipinski definition) is 3. The van der Waals surface area contributed by atoms with Gasteiger partial charge in [-0.3, -0.25) is 19.2 Å². The number of fused-ring (bicyclic) bond motifs is 1. The van der Waals surface area contributed by atoms with Gasteiger partial charge in [-0.25, -0.2) is 9.78 Å². The summed E-state index contributed by atoms with van der Waals surface area (Å²) >= 11 is 10.9. The lowest BCUT2D eigenvalue weighted by atomic mass is 9.89. The first-order chi connectivity index (χ1) is 19.8. The number of rotatable bonds is 12. The molecule has 3 amide bonds. The van der Waals surface area contributed by atoms with Crippen LogP contribution < -0.4 is 10.6 Å². The van der Waals surface area contributed by atoms with Crippen LogP contribution in [0.3, 0.4) is 0 Å². The molecule has 2 aromatic rings. The Morgan fingerprint density at radius 1 is 1.38 bits per heavy atom. The number of carbonyl (C=O) groups excluding carboxylic acids is 4. The summed E-state index contributed by atoms with van der Waals surface area (Å²) in [5.41, 5.74) is -1.04. The summed E-state index contributed by atoms with van der Waals surface area (Å²) in [5, 5.41) is 25.9. The van der Waals surface area contributed by atoms with E-state index in [1.807, 2.05) is 0 Å². The third-order valence-corrected chi connectivity index (χ3v) is 10.6. The Morgan fingerprint density at radius 3 is 2.79 bits per heavy atom. The fourth-order valence-corrected chi connectivity index (χ4v) is 8.17. The number of oxime groups is 1. The number of carbonyl (C=O) groups is 5. The summed E-state index contributed by atoms with van der Waals surface area (Å²) in [7, 11) is 0. The highest BCUT2D eigenvalue weighted by Crippen LogP contribution is 2.44. The van der Waals surface area contributed by atoms with Gasteiger partial charge in [-0.1, -0.05) is 51.2 Å². The summed E-state index contributed by atoms with van der Waals surface area (Å²) in [4.78, 5) is 72.1. The normalized spacial score (nSPS) is 22.0. The predicted molar refractivity (Wildman–Crippen MR) is 156 cm³/mol. The smallest absolute Gasteiger partial charge is 0.347 e. The molecule has 2 aliphatic rings. The van der Waals surface area contributed by atoms with Gasteiger partial charge in [-0.2, -0.15) is 0 Å². The summed E-state index contributed by atoms with van der Waals surface area (Å²) < 4.78 is 5.77. The van der Waals surface area contributed by atoms with E-state index in [-0.39, 0.29) is 33.2 Å². The Hall–Kier alpha value is -3.00. The number of thiazole rings is 1. The lowest BCUT2D eigenvalue weighted by molar-refractivity contribution is -0.160. The monoisotopic (exact) mass is 677 g/mol. The van der Waals surface area contributed by atoms with Crippen molar-refractivity contribution in [1.29, 1.82) is 0 Å². The van der Waals surface area contributed by atoms with Crippen LogP contribution in [0.1, 0.15) is 26.5 Å². The topological polar surface area (TPSA) is 202 Å². The predicted octanol–water partition coefficient (Wildman–Crippen LogP) is 1.54. The second-order valence-electron chi connectivity index (χ2n) is 9.90. The molecule has 0 saturated carbocycles. The van der Waals surface area contributed by atoms with Crippen LogP contribution in [-0.4, -0.2) is 103 Å². The van der Waals surface area contributed by atoms with Gasteiger partial charge in [0.15, 0.2) is 15.2 Å². The molecule has 2 aromatic heterocycles. The quantitative estimate of drug-likeness (QED) is 0.0730. The molecule has 226 valence electrons. The minimum Gasteiger partial charge on any atom is -0.481 e. The van der Waals surface area contributed by atoms with E-state index in [4.69, 9.17) is 21.2 Å². The Kier molecular flexibility index (Phi) is 9.96. The summed E-state index contributed by atoms with van der Waals surface area (Å²) in [6.07, 6.45) is 0.375. The highest BCUT2D eigenvalue weighted by molar-refractivity contribution is 8.01. The Bertz CT molecular complexity index is 1400. The second-order valence-corrected chi connectivity index (χ2v) is 14.7. The second kappa shape index (κ2) is 13.1. The molecule has 3 atom stereocenters. The Labute approximate surface area is 260 Å². The van der Waals surface area contributed by atoms with Crippen molar-refractivity contribution in [2.24, 2.45) is 10.6 Å². The Morgan fingerprint density at radius 2 is 2.14 bits per heavy atom. The number of carboxylic acids is 1. The number of anilines is 1. The number of halogens is 1. The highest BCUT2D eigenvalue weighted by atomic mass is 35.5. The summed E-state index contributed by atoms with van der Waals surface area (Å²) in [5.74, 6) is -2.77. The molecule has 0 bridgehead atoms. The van der Waals surface area contributed by atoms with Crippen LogP contribution in [0.2, 0.25) is 4.34 Å². The molecule has 15 nitrogen and oxygen atoms in total. The zero-order valence-electron chi connectivity index (χ0n) is 22.2. The van der Waals surface area contributed by atoms with Crippen LogP contribution in [-0.2, 0) is 33.5 Å². The molecule has 0 aliphatic carbocycles. The zero-order valence-corrected chi connectivity index (χ0v) is 26.2. The fraction of sp³-hybridized carbons (Fsp3) is 0.500. The number of β-lactam (4-membered cyclic amide) rings is 1. The molecule has 20 heteroatoms. The first-order valence-corrected chi connectivity index (χ1v) is 16.1. The minimum atomic E-state index is -1.22. The van der Waals surface area contributed by atoms with Crippen LogP contribution in [0.25, 0.3) is 0 Å². The molecule has 42 heavy (non-hydrogen) atoms. The van der Waals surface area contributed by atoms with Crippen molar-refractivity contribution in [3.63, 3.8) is 0 Å². The largest absolute Gasteiger partial charge is 0.481 e. The molecule has 0 aromatic carbocycles. The van der Waals surface area contributed by atoms with Gasteiger partial charge in [0.2, 0.25) is 18.9 Å². The molecule has 4 heterocycles. The number of nitrogens with zero attached hydrogens (tertiary/aromatic N) is 5. The molecular weight excluding hydrogens is 654 g/mol. The van der Waals surface area contributed by atoms with Gasteiger partial charge >= 0.3 is 11.9 Å². The maximum Gasteiger partial charge on any atom is 0.347 e. The van der Waals surface area contributed by atoms with Gasteiger partial charge in [0.05, 0.1) is 0 Å². The average molecular weight is 678 g/mol. The van der Waals surface area contributed by atoms with Crippen LogP contribution in [0.4, 0.5) is 5.13 Å². The molecule has 2 unspecified atom stereocenters. The maximum atomic E-state index is 13.3. The number of aliphatic carboxylic acids is 1. The fourth-order valence-electron chi connectivity index (χ4n) is 3.81. The van der Waals surface area contributed by atoms with Gasteiger partial charge < -0.3 is 30.2 Å². The van der Waals surface area contributed by atoms with E-state index in [1.165, 1.54) is 39.8 Å². The molecule has 2 fully saturated rings. The van der Waals surface area contributed by atoms with E-state index < -0.39 is 58.5 Å². The van der Waals surface area contributed by atoms with Crippen molar-refractivity contribution < 1.29 is 38.7 Å². The van der Waals surface area contributed by atoms with Gasteiger partial charge in [-0.15, -0.1) is 22.0 Å². The number of hydrogen-bond acceptors (Lipinski definition) is 15. The minimum absolute atomic E-state index is 0.0121. The number of amides is 3. The van der Waals surface area contributed by atoms with Crippen LogP contribution in [0.15, 0.2) is 15.0 Å². The lowest BCUT2D eigenvalue weighted by Crippen LogP contribution is -2.74. The number of nitrogens with one attached hydrogen (secondary N) is 2. The van der Waals surface area contributed by atoms with Crippen LogP contribution >= 0.6 is 57.8 Å². The molecule has 0 radical (unpaired) electrons. The molecule has 0 spiro atoms. The van der Waals surface area contributed by atoms with Crippen molar-refractivity contribution in [1.82, 2.24) is 25.4 Å². The SMILES string of the molecule is CC(C)(C)OC(=O)CON=C(C(=O)NC1C(=O)N2CC(CSc3nncs3)(C(=O)O)CS[C@H]12)c1nc(NC=O)sc1Cl. The van der Waals surface area contributed by atoms with Crippen molar-refractivity contribution in [3.05, 3.63) is 15.5 Å². The first-order valence-electron chi connectivity index (χ1n) is 12.0. The van der Waals surface area contributed by atoms with Gasteiger partial charge in [0.25, 0.3) is 5.91 Å². The van der Waals surface area contributed by atoms with E-state index >= 15 is 0 Å². The highest BCUT2D eigenvalue weighted by Gasteiger charge is 2.57. The van der Waals surface area contributed by atoms with Crippen molar-refractivity contribution in [2.75, 3.05) is 30.0 Å². The standard InChI is InChI=1S/C22H24ClN7O8S4/c1-21(2,3)38-10(32)4-37-29-12(11-14(23)42-19(27-11)24-8-31)15(33)26-13-16(34)30-5-22(18(35)36,6-39-17(13)30)7-40-20-28-25-9-41-20/h8-9,13,17H,4-7H2,1-3H3,(H,26,33)(H,35,36)(H,24,27,31)/t13?,17-,22?/m1/s1. The number of thioether (sulfide) groups is 2. The summed E-state index contributed by atoms with van der Waals surface area (Å²) in [6.45, 7) is 4.34. The third-order valence-electron chi connectivity index (χ3n) is 5.66. The Balaban J connectivity index is 1.47. The molecule has 2 aliphatic heterocycles. The van der Waals surface area contributed by atoms with Gasteiger partial charge in [0, 0.05) is 18.1 Å². The number of ether oxygens (including phenoxy) is 1. The number of carboxylic acid groups (broad SMARTS) is 1. The molecule has 2 saturated heterocycles. The number of esters is 1. The van der Waals surface area contributed by atoms with E-state index in [1.54, 1.807) is 26.3 Å². The van der Waals surface area contributed by atoms with Gasteiger partial charge in [0.1, 0.15) is 38.0 Å². The molecular formula is C22H24ClN7O8S4. The van der Waals surface area contributed by atoms with Crippen molar-refractivity contribution in [2.45, 2.75) is 42.1 Å². The number of aromatic nitrogens is 3. The van der Waals surface area contributed by atoms with E-state index in [0.29, 0.717) is 10.7 Å². The average Bonchev–Trinajstić information content (AvgIpc) is 3.57. The third kappa shape index (κ3) is 7.31. The molecule has 3 N–H and O–H groups in total. The van der Waals surface area contributed by atoms with E-state index in [9.17, 15) is 29.1 Å². The zero-order chi connectivity index (χ0) is 30.7. The van der Waals surface area contributed by atoms with E-state index in [0.717, 1.165) is 11.3 Å². The summed E-state index contributed by atoms with van der Waals surface area (Å²) in [6, 6.07) is -0.994. The van der Waals surface area contributed by atoms with Crippen molar-refractivity contribution in [3.8, 4) is 0 Å². The van der Waals surface area contributed by atoms with Crippen LogP contribution in [0, 0.1) is 5.41 Å². The van der Waals surface area contributed by atoms with Gasteiger partial charge in [-0.05, 0) is 20.8 Å². The molecule has 4 rings (SSSR count). The maximum absolute atomic E-state index is 13.3. The van der Waals surface area contributed by atoms with E-state index in [2.05, 4.69) is 31.0 Å². The van der Waals surface area contributed by atoms with Crippen molar-refractivity contribution >= 4 is 98.8 Å².